The van der Waals surface area contributed by atoms with E-state index in [2.05, 4.69) is 23.1 Å². The lowest BCUT2D eigenvalue weighted by Gasteiger charge is -2.30. The number of halogens is 1. The maximum absolute atomic E-state index is 14.2. The van der Waals surface area contributed by atoms with E-state index in [9.17, 15) is 24.4 Å². The number of nitriles is 2. The van der Waals surface area contributed by atoms with Gasteiger partial charge in [-0.1, -0.05) is 110 Å². The monoisotopic (exact) mass is 882 g/mol. The average molecular weight is 883 g/mol. The molecule has 4 heterocycles. The molecule has 3 aromatic rings. The maximum Gasteiger partial charge on any atom is 0.472 e. The first kappa shape index (κ1) is 47.9. The highest BCUT2D eigenvalue weighted by molar-refractivity contribution is 7.47. The van der Waals surface area contributed by atoms with Crippen LogP contribution in [0.2, 0.25) is 0 Å². The van der Waals surface area contributed by atoms with Gasteiger partial charge in [0.25, 0.3) is 0 Å². The minimum atomic E-state index is -4.82. The molecule has 62 heavy (non-hydrogen) atoms. The van der Waals surface area contributed by atoms with Crippen molar-refractivity contribution in [3.8, 4) is 12.1 Å². The standard InChI is InChI=1S/C45H64FN6O9P/c1-4-5-6-7-8-9-10-11-12-13-14-15-16-17-18-19-20-23-55-29-36(56-28-34-24-33(27-47)25-35(46)26-34)30-57-62(53,54)60-40-39-45(40)42(59-43(2,3)61-45)44(31-48,58-39)38-22-21-37-41(49)50-32-51-52(37)38/h21-22,24-26,32,36,39-40,42H,4-20,23,28-30H2,1-3H3,(H,53,54)(H2,49,50,51)/t36-,39-,40?,42+,44+,45+/m1/s1. The van der Waals surface area contributed by atoms with Crippen LogP contribution in [-0.2, 0) is 49.5 Å². The van der Waals surface area contributed by atoms with Crippen molar-refractivity contribution in [3.05, 3.63) is 59.3 Å². The molecule has 3 fully saturated rings. The molecule has 0 amide bonds. The van der Waals surface area contributed by atoms with Crippen molar-refractivity contribution in [2.24, 2.45) is 0 Å². The highest BCUT2D eigenvalue weighted by atomic mass is 31.2. The van der Waals surface area contributed by atoms with Crippen molar-refractivity contribution in [1.29, 1.82) is 10.5 Å². The number of ether oxygens (including phenoxy) is 5. The average Bonchev–Trinajstić information content (AvgIpc) is 3.56. The van der Waals surface area contributed by atoms with Gasteiger partial charge in [-0.05, 0) is 56.2 Å². The molecule has 3 N–H and O–H groups in total. The lowest BCUT2D eigenvalue weighted by atomic mass is 9.90. The fourth-order valence-corrected chi connectivity index (χ4v) is 9.77. The summed E-state index contributed by atoms with van der Waals surface area (Å²) in [6.45, 7) is 5.56. The second-order valence-corrected chi connectivity index (χ2v) is 18.7. The van der Waals surface area contributed by atoms with Crippen LogP contribution < -0.4 is 5.73 Å². The number of fused-ring (bicyclic) bond motifs is 1. The molecular formula is C45H64FN6O9P. The maximum atomic E-state index is 14.2. The van der Waals surface area contributed by atoms with Crippen LogP contribution in [0.5, 0.6) is 0 Å². The van der Waals surface area contributed by atoms with E-state index < -0.39 is 61.7 Å². The Morgan fingerprint density at radius 1 is 0.935 bits per heavy atom. The van der Waals surface area contributed by atoms with Crippen molar-refractivity contribution in [2.75, 3.05) is 25.6 Å². The van der Waals surface area contributed by atoms with Crippen molar-refractivity contribution >= 4 is 19.2 Å². The quantitative estimate of drug-likeness (QED) is 0.0493. The number of nitrogens with zero attached hydrogens (tertiary/aromatic N) is 5. The Morgan fingerprint density at radius 3 is 2.21 bits per heavy atom. The van der Waals surface area contributed by atoms with E-state index >= 15 is 0 Å². The molecule has 1 aliphatic carbocycles. The summed E-state index contributed by atoms with van der Waals surface area (Å²) in [7, 11) is -4.82. The molecule has 6 rings (SSSR count). The van der Waals surface area contributed by atoms with E-state index in [0.717, 1.165) is 25.3 Å². The highest BCUT2D eigenvalue weighted by Gasteiger charge is 2.89. The van der Waals surface area contributed by atoms with Gasteiger partial charge in [0.1, 0.15) is 48.1 Å². The van der Waals surface area contributed by atoms with Crippen LogP contribution >= 0.6 is 7.82 Å². The second-order valence-electron chi connectivity index (χ2n) is 17.3. The third kappa shape index (κ3) is 11.8. The number of benzene rings is 1. The Labute approximate surface area is 364 Å². The molecule has 3 aliphatic rings. The Balaban J connectivity index is 0.957. The first-order valence-corrected chi connectivity index (χ1v) is 24.0. The van der Waals surface area contributed by atoms with Crippen LogP contribution in [-0.4, -0.2) is 75.1 Å². The molecule has 340 valence electrons. The fourth-order valence-electron chi connectivity index (χ4n) is 8.79. The number of unbranched alkanes of at least 4 members (excludes halogenated alkanes) is 16. The number of nitrogen functional groups attached to an aromatic ring is 1. The first-order valence-electron chi connectivity index (χ1n) is 22.5. The Kier molecular flexibility index (Phi) is 16.9. The number of phosphoric acid groups is 1. The summed E-state index contributed by atoms with van der Waals surface area (Å²) >= 11 is 0. The van der Waals surface area contributed by atoms with Crippen LogP contribution in [0.3, 0.4) is 0 Å². The van der Waals surface area contributed by atoms with Crippen molar-refractivity contribution in [3.63, 3.8) is 0 Å². The number of anilines is 1. The number of nitrogens with two attached hydrogens (primary N) is 1. The zero-order chi connectivity index (χ0) is 44.2. The number of hydrogen-bond acceptors (Lipinski definition) is 13. The predicted octanol–water partition coefficient (Wildman–Crippen LogP) is 9.10. The summed E-state index contributed by atoms with van der Waals surface area (Å²) in [4.78, 5) is 15.0. The summed E-state index contributed by atoms with van der Waals surface area (Å²) < 4.78 is 71.2. The van der Waals surface area contributed by atoms with Crippen molar-refractivity contribution < 1.29 is 46.6 Å². The van der Waals surface area contributed by atoms with Gasteiger partial charge in [-0.25, -0.2) is 18.5 Å². The molecule has 0 bridgehead atoms. The van der Waals surface area contributed by atoms with Gasteiger partial charge in [-0.2, -0.15) is 15.6 Å². The van der Waals surface area contributed by atoms with E-state index in [4.69, 9.17) is 38.5 Å². The minimum absolute atomic E-state index is 0.0234. The van der Waals surface area contributed by atoms with E-state index in [0.29, 0.717) is 23.4 Å². The van der Waals surface area contributed by atoms with E-state index in [1.807, 2.05) is 6.07 Å². The Bertz CT molecular complexity index is 2060. The van der Waals surface area contributed by atoms with Crippen LogP contribution in [0, 0.1) is 28.5 Å². The SMILES string of the molecule is CCCCCCCCCCCCCCCCCCCOC[C@H](COP(=O)(O)OC1[C@H]2O[C@@](C#N)(c3ccc4c(N)ncnn34)[C@@H]3OC(C)(C)O[C@]123)OCc1cc(F)cc(C#N)c1. The zero-order valence-corrected chi connectivity index (χ0v) is 37.4. The number of rotatable bonds is 29. The fraction of sp³-hybridized carbons (Fsp3) is 0.689. The molecule has 2 saturated heterocycles. The zero-order valence-electron chi connectivity index (χ0n) is 36.5. The molecule has 17 heteroatoms. The van der Waals surface area contributed by atoms with Crippen LogP contribution in [0.15, 0.2) is 36.7 Å². The van der Waals surface area contributed by atoms with E-state index in [1.165, 1.54) is 113 Å². The largest absolute Gasteiger partial charge is 0.472 e. The third-order valence-corrected chi connectivity index (χ3v) is 12.9. The van der Waals surface area contributed by atoms with Crippen molar-refractivity contribution in [2.45, 2.75) is 178 Å². The van der Waals surface area contributed by atoms with Gasteiger partial charge in [0.05, 0.1) is 37.1 Å². The first-order chi connectivity index (χ1) is 29.9. The number of hydrogen-bond donors (Lipinski definition) is 2. The molecule has 2 aliphatic heterocycles. The molecule has 0 radical (unpaired) electrons. The van der Waals surface area contributed by atoms with Gasteiger partial charge >= 0.3 is 7.82 Å². The molecule has 1 saturated carbocycles. The topological polar surface area (TPSA) is 206 Å². The number of phosphoric ester groups is 1. The Hall–Kier alpha value is -3.54. The van der Waals surface area contributed by atoms with Crippen LogP contribution in [0.25, 0.3) is 5.52 Å². The summed E-state index contributed by atoms with van der Waals surface area (Å²) in [5, 5.41) is 24.2. The smallest absolute Gasteiger partial charge is 0.382 e. The molecular weight excluding hydrogens is 818 g/mol. The van der Waals surface area contributed by atoms with Gasteiger partial charge in [-0.15, -0.1) is 0 Å². The van der Waals surface area contributed by atoms with Gasteiger partial charge < -0.3 is 34.3 Å². The van der Waals surface area contributed by atoms with Gasteiger partial charge in [0, 0.05) is 6.61 Å². The normalized spacial score (nSPS) is 24.9. The summed E-state index contributed by atoms with van der Waals surface area (Å²) in [5.74, 6) is -1.59. The Morgan fingerprint density at radius 2 is 1.58 bits per heavy atom. The summed E-state index contributed by atoms with van der Waals surface area (Å²) in [5.41, 5.74) is 4.20. The molecule has 1 aromatic carbocycles. The van der Waals surface area contributed by atoms with E-state index in [-0.39, 0.29) is 24.6 Å². The summed E-state index contributed by atoms with van der Waals surface area (Å²) in [6, 6.07) is 11.3. The lowest BCUT2D eigenvalue weighted by molar-refractivity contribution is -0.188. The summed E-state index contributed by atoms with van der Waals surface area (Å²) in [6.07, 6.45) is 18.8. The lowest BCUT2D eigenvalue weighted by Crippen LogP contribution is -2.46. The molecule has 2 aromatic heterocycles. The van der Waals surface area contributed by atoms with E-state index in [1.54, 1.807) is 26.0 Å². The van der Waals surface area contributed by atoms with Gasteiger partial charge in [0.2, 0.25) is 5.60 Å². The second kappa shape index (κ2) is 21.9. The molecule has 15 nitrogen and oxygen atoms in total. The van der Waals surface area contributed by atoms with Gasteiger partial charge in [-0.3, -0.25) is 9.05 Å². The molecule has 7 atom stereocenters. The van der Waals surface area contributed by atoms with Crippen LogP contribution in [0.4, 0.5) is 10.2 Å². The molecule has 2 unspecified atom stereocenters. The van der Waals surface area contributed by atoms with Gasteiger partial charge in [0.15, 0.2) is 17.2 Å². The third-order valence-electron chi connectivity index (χ3n) is 11.9. The molecule has 1 spiro atoms. The van der Waals surface area contributed by atoms with Crippen LogP contribution in [0.1, 0.15) is 147 Å². The van der Waals surface area contributed by atoms with Crippen molar-refractivity contribution in [1.82, 2.24) is 14.6 Å². The minimum Gasteiger partial charge on any atom is -0.382 e. The number of aromatic nitrogens is 3. The highest BCUT2D eigenvalue weighted by Crippen LogP contribution is 2.69. The predicted molar refractivity (Wildman–Crippen MR) is 228 cm³/mol.